The summed E-state index contributed by atoms with van der Waals surface area (Å²) in [6.45, 7) is 0. The molecular weight excluding hydrogens is 486 g/mol. The number of amides is 1. The second kappa shape index (κ2) is 9.32. The maximum absolute atomic E-state index is 13.8. The number of halogens is 3. The van der Waals surface area contributed by atoms with Crippen LogP contribution in [0.4, 0.5) is 10.1 Å². The molecule has 34 heavy (non-hydrogen) atoms. The largest absolute Gasteiger partial charge is 0.507 e. The van der Waals surface area contributed by atoms with Crippen molar-refractivity contribution in [2.45, 2.75) is 6.04 Å². The first-order chi connectivity index (χ1) is 16.3. The van der Waals surface area contributed by atoms with Gasteiger partial charge in [-0.2, -0.15) is 0 Å². The number of carbonyl (C=O) groups is 2. The second-order valence-electron chi connectivity index (χ2n) is 7.21. The molecular formula is C24H17Cl2FN2O5. The summed E-state index contributed by atoms with van der Waals surface area (Å²) in [7, 11) is 2.79. The number of hydrogen-bond donors (Lipinski definition) is 1. The summed E-state index contributed by atoms with van der Waals surface area (Å²) in [5.41, 5.74) is 0.276. The highest BCUT2D eigenvalue weighted by Gasteiger charge is 2.48. The number of Topliss-reactive ketones (excluding diaryl/α,β-unsaturated/α-hetero) is 1. The van der Waals surface area contributed by atoms with Gasteiger partial charge in [-0.1, -0.05) is 29.3 Å². The Hall–Kier alpha value is -3.62. The van der Waals surface area contributed by atoms with E-state index in [2.05, 4.69) is 4.98 Å². The predicted molar refractivity (Wildman–Crippen MR) is 125 cm³/mol. The lowest BCUT2D eigenvalue weighted by Gasteiger charge is -2.25. The number of methoxy groups -OCH3 is 2. The number of benzene rings is 2. The van der Waals surface area contributed by atoms with Gasteiger partial charge in [0.25, 0.3) is 11.7 Å². The summed E-state index contributed by atoms with van der Waals surface area (Å²) in [5, 5.41) is 11.2. The zero-order valence-electron chi connectivity index (χ0n) is 17.9. The van der Waals surface area contributed by atoms with Gasteiger partial charge in [0.05, 0.1) is 41.1 Å². The summed E-state index contributed by atoms with van der Waals surface area (Å²) >= 11 is 12.2. The summed E-state index contributed by atoms with van der Waals surface area (Å²) in [6, 6.07) is 10.2. The van der Waals surface area contributed by atoms with Crippen molar-refractivity contribution in [2.24, 2.45) is 0 Å². The van der Waals surface area contributed by atoms with E-state index in [1.54, 1.807) is 18.2 Å². The zero-order chi connectivity index (χ0) is 24.6. The zero-order valence-corrected chi connectivity index (χ0v) is 19.4. The number of rotatable bonds is 5. The number of nitrogens with zero attached hydrogens (tertiary/aromatic N) is 2. The fourth-order valence-electron chi connectivity index (χ4n) is 3.74. The van der Waals surface area contributed by atoms with Gasteiger partial charge >= 0.3 is 0 Å². The van der Waals surface area contributed by atoms with Crippen molar-refractivity contribution in [1.82, 2.24) is 4.98 Å². The summed E-state index contributed by atoms with van der Waals surface area (Å²) in [4.78, 5) is 31.7. The van der Waals surface area contributed by atoms with E-state index in [4.69, 9.17) is 32.7 Å². The number of aromatic nitrogens is 1. The molecule has 1 atom stereocenters. The third-order valence-electron chi connectivity index (χ3n) is 5.32. The van der Waals surface area contributed by atoms with E-state index >= 15 is 0 Å². The van der Waals surface area contributed by atoms with Gasteiger partial charge in [-0.3, -0.25) is 19.5 Å². The fourth-order valence-corrected chi connectivity index (χ4v) is 4.16. The molecule has 0 spiro atoms. The summed E-state index contributed by atoms with van der Waals surface area (Å²) in [5.74, 6) is -2.67. The van der Waals surface area contributed by atoms with Crippen molar-refractivity contribution in [3.8, 4) is 11.5 Å². The highest BCUT2D eigenvalue weighted by atomic mass is 35.5. The quantitative estimate of drug-likeness (QED) is 0.294. The van der Waals surface area contributed by atoms with Crippen LogP contribution in [0.15, 0.2) is 60.3 Å². The third kappa shape index (κ3) is 3.95. The smallest absolute Gasteiger partial charge is 0.300 e. The normalized spacial score (nSPS) is 17.2. The molecule has 1 fully saturated rings. The van der Waals surface area contributed by atoms with E-state index in [1.165, 1.54) is 44.7 Å². The second-order valence-corrected chi connectivity index (χ2v) is 8.02. The lowest BCUT2D eigenvalue weighted by atomic mass is 9.97. The molecule has 1 N–H and O–H groups in total. The third-order valence-corrected chi connectivity index (χ3v) is 5.91. The maximum Gasteiger partial charge on any atom is 0.300 e. The Morgan fingerprint density at radius 3 is 2.38 bits per heavy atom. The van der Waals surface area contributed by atoms with Crippen LogP contribution in [0.3, 0.4) is 0 Å². The van der Waals surface area contributed by atoms with Crippen LogP contribution in [0.2, 0.25) is 10.0 Å². The Morgan fingerprint density at radius 1 is 1.03 bits per heavy atom. The van der Waals surface area contributed by atoms with Crippen molar-refractivity contribution in [3.63, 3.8) is 0 Å². The predicted octanol–water partition coefficient (Wildman–Crippen LogP) is 5.17. The van der Waals surface area contributed by atoms with Crippen molar-refractivity contribution in [2.75, 3.05) is 19.1 Å². The Morgan fingerprint density at radius 2 is 1.76 bits per heavy atom. The first-order valence-electron chi connectivity index (χ1n) is 9.87. The van der Waals surface area contributed by atoms with Crippen LogP contribution >= 0.6 is 23.2 Å². The Balaban J connectivity index is 1.98. The molecule has 1 unspecified atom stereocenters. The molecule has 0 aliphatic carbocycles. The minimum Gasteiger partial charge on any atom is -0.507 e. The van der Waals surface area contributed by atoms with Crippen molar-refractivity contribution in [1.29, 1.82) is 0 Å². The molecule has 2 heterocycles. The Kier molecular flexibility index (Phi) is 6.45. The average molecular weight is 503 g/mol. The number of ketones is 1. The first kappa shape index (κ1) is 23.5. The minimum atomic E-state index is -1.13. The molecule has 7 nitrogen and oxygen atoms in total. The van der Waals surface area contributed by atoms with Crippen LogP contribution in [-0.4, -0.2) is 36.0 Å². The minimum absolute atomic E-state index is 0.0735. The lowest BCUT2D eigenvalue weighted by molar-refractivity contribution is -0.132. The molecule has 1 saturated heterocycles. The first-order valence-corrected chi connectivity index (χ1v) is 10.6. The maximum atomic E-state index is 13.8. The molecule has 0 saturated carbocycles. The number of ether oxygens (including phenoxy) is 2. The van der Waals surface area contributed by atoms with Gasteiger partial charge in [0.15, 0.2) is 0 Å². The van der Waals surface area contributed by atoms with E-state index < -0.39 is 29.3 Å². The molecule has 2 aromatic carbocycles. The summed E-state index contributed by atoms with van der Waals surface area (Å²) < 4.78 is 24.3. The Labute approximate surface area is 204 Å². The number of aliphatic hydroxyl groups is 1. The molecule has 0 radical (unpaired) electrons. The van der Waals surface area contributed by atoms with E-state index in [1.807, 2.05) is 0 Å². The molecule has 1 aliphatic rings. The highest BCUT2D eigenvalue weighted by Crippen LogP contribution is 2.44. The van der Waals surface area contributed by atoms with Crippen LogP contribution in [0.1, 0.15) is 17.3 Å². The van der Waals surface area contributed by atoms with Crippen LogP contribution in [-0.2, 0) is 9.59 Å². The number of hydrogen-bond acceptors (Lipinski definition) is 6. The molecule has 1 aliphatic heterocycles. The number of carbonyl (C=O) groups excluding carboxylic acids is 2. The van der Waals surface area contributed by atoms with Gasteiger partial charge in [0, 0.05) is 18.0 Å². The van der Waals surface area contributed by atoms with E-state index in [9.17, 15) is 19.1 Å². The standard InChI is InChI=1S/C24H17Cl2FN2O5/c1-33-18-11-19(34-2)15(26)10-13(18)22(30)20-21(17-5-3-4-8-28-17)29(24(32)23(20)31)12-6-7-16(27)14(25)9-12/h3-11,21,30H,1-2H3/b22-20+. The summed E-state index contributed by atoms with van der Waals surface area (Å²) in [6.07, 6.45) is 1.48. The van der Waals surface area contributed by atoms with Gasteiger partial charge in [0.1, 0.15) is 29.1 Å². The molecule has 4 rings (SSSR count). The monoisotopic (exact) mass is 502 g/mol. The molecule has 10 heteroatoms. The van der Waals surface area contributed by atoms with Crippen molar-refractivity contribution < 1.29 is 28.6 Å². The van der Waals surface area contributed by atoms with Crippen molar-refractivity contribution >= 4 is 46.3 Å². The SMILES string of the molecule is COc1cc(OC)c(/C(O)=C2\C(=O)C(=O)N(c3ccc(F)c(Cl)c3)C2c2ccccn2)cc1Cl. The topological polar surface area (TPSA) is 89.0 Å². The fraction of sp³-hybridized carbons (Fsp3) is 0.125. The van der Waals surface area contributed by atoms with E-state index in [0.29, 0.717) is 5.69 Å². The van der Waals surface area contributed by atoms with Crippen LogP contribution in [0.5, 0.6) is 11.5 Å². The van der Waals surface area contributed by atoms with Crippen LogP contribution in [0.25, 0.3) is 5.76 Å². The highest BCUT2D eigenvalue weighted by molar-refractivity contribution is 6.52. The van der Waals surface area contributed by atoms with Gasteiger partial charge in [-0.05, 0) is 36.4 Å². The van der Waals surface area contributed by atoms with E-state index in [0.717, 1.165) is 11.0 Å². The molecule has 1 amide bonds. The van der Waals surface area contributed by atoms with Crippen LogP contribution < -0.4 is 14.4 Å². The lowest BCUT2D eigenvalue weighted by Crippen LogP contribution is -2.29. The average Bonchev–Trinajstić information content (AvgIpc) is 3.11. The molecule has 0 bridgehead atoms. The molecule has 174 valence electrons. The number of aliphatic hydroxyl groups excluding tert-OH is 1. The molecule has 1 aromatic heterocycles. The van der Waals surface area contributed by atoms with Gasteiger partial charge in [-0.15, -0.1) is 0 Å². The molecule has 3 aromatic rings. The van der Waals surface area contributed by atoms with Crippen LogP contribution in [0, 0.1) is 5.82 Å². The Bertz CT molecular complexity index is 1330. The van der Waals surface area contributed by atoms with Gasteiger partial charge in [0.2, 0.25) is 0 Å². The van der Waals surface area contributed by atoms with Gasteiger partial charge < -0.3 is 14.6 Å². The van der Waals surface area contributed by atoms with Gasteiger partial charge in [-0.25, -0.2) is 4.39 Å². The van der Waals surface area contributed by atoms with Crippen molar-refractivity contribution in [3.05, 3.63) is 87.4 Å². The van der Waals surface area contributed by atoms with E-state index in [-0.39, 0.29) is 38.4 Å². The number of anilines is 1. The number of pyridine rings is 1.